The van der Waals surface area contributed by atoms with Crippen molar-refractivity contribution in [2.45, 2.75) is 38.4 Å². The number of imidazole rings is 1. The van der Waals surface area contributed by atoms with Gasteiger partial charge in [0.1, 0.15) is 5.52 Å². The van der Waals surface area contributed by atoms with Crippen LogP contribution in [0.1, 0.15) is 26.0 Å². The smallest absolute Gasteiger partial charge is 0.313 e. The van der Waals surface area contributed by atoms with Crippen LogP contribution in [-0.2, 0) is 24.8 Å². The van der Waals surface area contributed by atoms with Crippen molar-refractivity contribution in [3.05, 3.63) is 5.69 Å². The predicted molar refractivity (Wildman–Crippen MR) is 74.5 cm³/mol. The number of carboxylic acid groups (broad SMARTS) is 1. The van der Waals surface area contributed by atoms with Crippen molar-refractivity contribution in [1.29, 1.82) is 0 Å². The Kier molecular flexibility index (Phi) is 4.14. The van der Waals surface area contributed by atoms with Crippen LogP contribution in [-0.4, -0.2) is 36.2 Å². The molecule has 0 aliphatic rings. The lowest BCUT2D eigenvalue weighted by molar-refractivity contribution is -0.133. The van der Waals surface area contributed by atoms with Crippen molar-refractivity contribution < 1.29 is 9.90 Å². The van der Waals surface area contributed by atoms with E-state index in [4.69, 9.17) is 5.11 Å². The van der Waals surface area contributed by atoms with Crippen molar-refractivity contribution >= 4 is 28.9 Å². The number of hydrogen-bond acceptors (Lipinski definition) is 4. The minimum absolute atomic E-state index is 0.0276. The molecule has 2 heterocycles. The van der Waals surface area contributed by atoms with Crippen LogP contribution in [0.5, 0.6) is 0 Å². The highest BCUT2D eigenvalue weighted by Gasteiger charge is 2.18. The van der Waals surface area contributed by atoms with E-state index in [0.29, 0.717) is 0 Å². The summed E-state index contributed by atoms with van der Waals surface area (Å²) >= 11 is 1.26. The fourth-order valence-electron chi connectivity index (χ4n) is 2.15. The number of carbonyl (C=O) groups is 1. The van der Waals surface area contributed by atoms with Gasteiger partial charge in [-0.25, -0.2) is 4.98 Å². The van der Waals surface area contributed by atoms with Gasteiger partial charge >= 0.3 is 5.97 Å². The standard InChI is InChI=1S/C12H18N4O2S/c1-4-6-8-10-11(15(3)14-8)16(5-2)12(13-10)19-7-9(17)18/h4-7H2,1-3H3,(H,17,18). The van der Waals surface area contributed by atoms with E-state index in [1.807, 2.05) is 23.2 Å². The molecule has 0 aliphatic carbocycles. The maximum Gasteiger partial charge on any atom is 0.313 e. The van der Waals surface area contributed by atoms with Gasteiger partial charge in [0.05, 0.1) is 11.4 Å². The van der Waals surface area contributed by atoms with Crippen molar-refractivity contribution in [1.82, 2.24) is 19.3 Å². The summed E-state index contributed by atoms with van der Waals surface area (Å²) in [6.45, 7) is 4.89. The van der Waals surface area contributed by atoms with Gasteiger partial charge in [-0.05, 0) is 13.3 Å². The Labute approximate surface area is 115 Å². The molecule has 0 atom stereocenters. The Bertz CT molecular complexity index is 602. The molecule has 0 radical (unpaired) electrons. The molecule has 0 aliphatic heterocycles. The van der Waals surface area contributed by atoms with E-state index in [0.717, 1.165) is 41.4 Å². The number of aryl methyl sites for hydroxylation is 3. The van der Waals surface area contributed by atoms with E-state index in [1.54, 1.807) is 0 Å². The van der Waals surface area contributed by atoms with E-state index < -0.39 is 5.97 Å². The van der Waals surface area contributed by atoms with Crippen LogP contribution in [0.2, 0.25) is 0 Å². The summed E-state index contributed by atoms with van der Waals surface area (Å²) in [5, 5.41) is 14.0. The zero-order valence-electron chi connectivity index (χ0n) is 11.4. The lowest BCUT2D eigenvalue weighted by atomic mass is 10.2. The number of aromatic nitrogens is 4. The lowest BCUT2D eigenvalue weighted by Gasteiger charge is -2.04. The topological polar surface area (TPSA) is 72.9 Å². The summed E-state index contributed by atoms with van der Waals surface area (Å²) in [5.41, 5.74) is 2.86. The van der Waals surface area contributed by atoms with Gasteiger partial charge < -0.3 is 9.67 Å². The van der Waals surface area contributed by atoms with Crippen LogP contribution >= 0.6 is 11.8 Å². The van der Waals surface area contributed by atoms with Crippen LogP contribution in [0.25, 0.3) is 11.2 Å². The second kappa shape index (κ2) is 5.64. The minimum atomic E-state index is -0.827. The summed E-state index contributed by atoms with van der Waals surface area (Å²) in [6, 6.07) is 0. The Morgan fingerprint density at radius 3 is 2.74 bits per heavy atom. The van der Waals surface area contributed by atoms with Crippen LogP contribution in [0.15, 0.2) is 5.16 Å². The summed E-state index contributed by atoms with van der Waals surface area (Å²) in [7, 11) is 1.90. The molecule has 2 aromatic heterocycles. The molecule has 104 valence electrons. The van der Waals surface area contributed by atoms with Gasteiger partial charge in [-0.1, -0.05) is 25.1 Å². The molecule has 7 heteroatoms. The van der Waals surface area contributed by atoms with Gasteiger partial charge in [-0.15, -0.1) is 0 Å². The van der Waals surface area contributed by atoms with E-state index >= 15 is 0 Å². The predicted octanol–water partition coefficient (Wildman–Crippen LogP) is 1.92. The Balaban J connectivity index is 2.47. The van der Waals surface area contributed by atoms with Gasteiger partial charge in [0, 0.05) is 13.6 Å². The molecule has 0 bridgehead atoms. The summed E-state index contributed by atoms with van der Waals surface area (Å²) in [6.07, 6.45) is 1.91. The molecule has 6 nitrogen and oxygen atoms in total. The Morgan fingerprint density at radius 1 is 1.42 bits per heavy atom. The molecule has 0 spiro atoms. The van der Waals surface area contributed by atoms with Crippen LogP contribution in [0, 0.1) is 0 Å². The fraction of sp³-hybridized carbons (Fsp3) is 0.583. The Hall–Kier alpha value is -1.50. The largest absolute Gasteiger partial charge is 0.481 e. The van der Waals surface area contributed by atoms with Gasteiger partial charge in [0.2, 0.25) is 0 Å². The third kappa shape index (κ3) is 2.60. The van der Waals surface area contributed by atoms with Gasteiger partial charge in [-0.2, -0.15) is 5.10 Å². The molecule has 0 fully saturated rings. The molecule has 2 rings (SSSR count). The maximum absolute atomic E-state index is 10.7. The number of carboxylic acids is 1. The SMILES string of the molecule is CCCc1nn(C)c2c1nc(SCC(=O)O)n2CC. The first-order chi connectivity index (χ1) is 9.08. The van der Waals surface area contributed by atoms with Crippen LogP contribution < -0.4 is 0 Å². The molecule has 0 saturated heterocycles. The third-order valence-electron chi connectivity index (χ3n) is 2.88. The summed E-state index contributed by atoms with van der Waals surface area (Å²) in [5.74, 6) is -0.800. The Morgan fingerprint density at radius 2 is 2.16 bits per heavy atom. The van der Waals surface area contributed by atoms with Crippen molar-refractivity contribution in [2.75, 3.05) is 5.75 Å². The van der Waals surface area contributed by atoms with Crippen LogP contribution in [0.3, 0.4) is 0 Å². The van der Waals surface area contributed by atoms with Gasteiger partial charge in [0.15, 0.2) is 10.8 Å². The van der Waals surface area contributed by atoms with E-state index in [9.17, 15) is 4.79 Å². The lowest BCUT2D eigenvalue weighted by Crippen LogP contribution is -2.05. The second-order valence-electron chi connectivity index (χ2n) is 4.31. The quantitative estimate of drug-likeness (QED) is 0.819. The molecule has 1 N–H and O–H groups in total. The average Bonchev–Trinajstić information content (AvgIpc) is 2.86. The molecule has 2 aromatic rings. The van der Waals surface area contributed by atoms with Gasteiger partial charge in [-0.3, -0.25) is 9.48 Å². The second-order valence-corrected chi connectivity index (χ2v) is 5.26. The van der Waals surface area contributed by atoms with E-state index in [-0.39, 0.29) is 5.75 Å². The summed E-state index contributed by atoms with van der Waals surface area (Å²) < 4.78 is 3.86. The van der Waals surface area contributed by atoms with E-state index in [1.165, 1.54) is 11.8 Å². The first-order valence-electron chi connectivity index (χ1n) is 6.35. The van der Waals surface area contributed by atoms with Crippen LogP contribution in [0.4, 0.5) is 0 Å². The third-order valence-corrected chi connectivity index (χ3v) is 3.85. The highest BCUT2D eigenvalue weighted by atomic mass is 32.2. The number of nitrogens with zero attached hydrogens (tertiary/aromatic N) is 4. The molecule has 0 aromatic carbocycles. The minimum Gasteiger partial charge on any atom is -0.481 e. The number of thioether (sulfide) groups is 1. The molecule has 0 saturated carbocycles. The van der Waals surface area contributed by atoms with Gasteiger partial charge in [0.25, 0.3) is 0 Å². The molecular weight excluding hydrogens is 264 g/mol. The highest BCUT2D eigenvalue weighted by Crippen LogP contribution is 2.26. The zero-order chi connectivity index (χ0) is 14.0. The highest BCUT2D eigenvalue weighted by molar-refractivity contribution is 7.99. The normalized spacial score (nSPS) is 11.3. The van der Waals surface area contributed by atoms with Crippen molar-refractivity contribution in [2.24, 2.45) is 7.05 Å². The molecule has 0 unspecified atom stereocenters. The number of rotatable bonds is 6. The zero-order valence-corrected chi connectivity index (χ0v) is 12.2. The molecule has 0 amide bonds. The van der Waals surface area contributed by atoms with Crippen molar-refractivity contribution in [3.8, 4) is 0 Å². The molecule has 19 heavy (non-hydrogen) atoms. The van der Waals surface area contributed by atoms with Crippen molar-refractivity contribution in [3.63, 3.8) is 0 Å². The number of hydrogen-bond donors (Lipinski definition) is 1. The first kappa shape index (κ1) is 13.9. The first-order valence-corrected chi connectivity index (χ1v) is 7.33. The fourth-order valence-corrected chi connectivity index (χ4v) is 2.93. The average molecular weight is 282 g/mol. The maximum atomic E-state index is 10.7. The number of fused-ring (bicyclic) bond motifs is 1. The monoisotopic (exact) mass is 282 g/mol. The summed E-state index contributed by atoms with van der Waals surface area (Å²) in [4.78, 5) is 15.3. The number of aliphatic carboxylic acids is 1. The molecular formula is C12H18N4O2S. The van der Waals surface area contributed by atoms with E-state index in [2.05, 4.69) is 17.0 Å².